The normalized spacial score (nSPS) is 16.6. The van der Waals surface area contributed by atoms with Gasteiger partial charge in [-0.3, -0.25) is 5.10 Å². The number of piperidine rings is 1. The number of fused-ring (bicyclic) bond motifs is 2. The number of halogens is 1. The zero-order valence-corrected chi connectivity index (χ0v) is 14.9. The standard InChI is InChI=1S/C17H20BrN3O2/c1-3-23-13-9-11(8-12(18)17(13)22-2)15-16-14(19-20-15)10-4-6-21(16)7-5-10/h8-10H,3-7H2,1-2H3,(H,19,20). The lowest BCUT2D eigenvalue weighted by atomic mass is 9.86. The Kier molecular flexibility index (Phi) is 3.71. The molecular formula is C17H20BrN3O2. The van der Waals surface area contributed by atoms with Gasteiger partial charge in [0.05, 0.1) is 29.6 Å². The van der Waals surface area contributed by atoms with Gasteiger partial charge in [0.15, 0.2) is 11.5 Å². The zero-order chi connectivity index (χ0) is 16.0. The van der Waals surface area contributed by atoms with E-state index in [0.717, 1.165) is 40.3 Å². The Morgan fingerprint density at radius 2 is 2.13 bits per heavy atom. The smallest absolute Gasteiger partial charge is 0.174 e. The van der Waals surface area contributed by atoms with E-state index < -0.39 is 0 Å². The van der Waals surface area contributed by atoms with E-state index in [9.17, 15) is 0 Å². The van der Waals surface area contributed by atoms with Crippen molar-refractivity contribution in [1.82, 2.24) is 10.2 Å². The summed E-state index contributed by atoms with van der Waals surface area (Å²) in [4.78, 5) is 2.45. The summed E-state index contributed by atoms with van der Waals surface area (Å²) in [7, 11) is 1.66. The second kappa shape index (κ2) is 5.74. The van der Waals surface area contributed by atoms with Crippen LogP contribution in [0.2, 0.25) is 0 Å². The minimum Gasteiger partial charge on any atom is -0.492 e. The maximum absolute atomic E-state index is 5.75. The SMILES string of the molecule is CCOc1cc(-c2n[nH]c3c2N2CCC3CC2)cc(Br)c1OC. The first kappa shape index (κ1) is 14.9. The summed E-state index contributed by atoms with van der Waals surface area (Å²) < 4.78 is 12.1. The van der Waals surface area contributed by atoms with E-state index in [4.69, 9.17) is 9.47 Å². The van der Waals surface area contributed by atoms with Crippen LogP contribution in [0.5, 0.6) is 11.5 Å². The second-order valence-electron chi connectivity index (χ2n) is 6.02. The van der Waals surface area contributed by atoms with Crippen LogP contribution in [-0.2, 0) is 0 Å². The number of hydrogen-bond acceptors (Lipinski definition) is 4. The van der Waals surface area contributed by atoms with Crippen molar-refractivity contribution >= 4 is 21.6 Å². The van der Waals surface area contributed by atoms with Gasteiger partial charge in [-0.15, -0.1) is 0 Å². The number of aromatic amines is 1. The van der Waals surface area contributed by atoms with E-state index in [2.05, 4.69) is 37.1 Å². The number of anilines is 1. The number of nitrogens with one attached hydrogen (secondary N) is 1. The van der Waals surface area contributed by atoms with Crippen molar-refractivity contribution in [3.8, 4) is 22.8 Å². The van der Waals surface area contributed by atoms with Gasteiger partial charge in [0, 0.05) is 24.6 Å². The maximum Gasteiger partial charge on any atom is 0.174 e. The minimum absolute atomic E-state index is 0.596. The van der Waals surface area contributed by atoms with Crippen molar-refractivity contribution in [3.05, 3.63) is 22.3 Å². The first-order valence-corrected chi connectivity index (χ1v) is 8.86. The van der Waals surface area contributed by atoms with E-state index in [1.165, 1.54) is 24.2 Å². The Balaban J connectivity index is 1.83. The van der Waals surface area contributed by atoms with Gasteiger partial charge in [-0.25, -0.2) is 0 Å². The third-order valence-corrected chi connectivity index (χ3v) is 5.36. The molecule has 1 aromatic heterocycles. The maximum atomic E-state index is 5.75. The molecule has 1 N–H and O–H groups in total. The number of benzene rings is 1. The van der Waals surface area contributed by atoms with E-state index in [-0.39, 0.29) is 0 Å². The fourth-order valence-corrected chi connectivity index (χ4v) is 4.32. The molecule has 4 heterocycles. The molecule has 1 fully saturated rings. The molecule has 0 spiro atoms. The molecule has 5 nitrogen and oxygen atoms in total. The Hall–Kier alpha value is -1.69. The second-order valence-corrected chi connectivity index (χ2v) is 6.87. The highest BCUT2D eigenvalue weighted by molar-refractivity contribution is 9.10. The summed E-state index contributed by atoms with van der Waals surface area (Å²) in [5, 5.41) is 7.90. The number of hydrogen-bond donors (Lipinski definition) is 1. The quantitative estimate of drug-likeness (QED) is 0.876. The van der Waals surface area contributed by atoms with Gasteiger partial charge in [-0.1, -0.05) is 0 Å². The molecule has 122 valence electrons. The molecule has 1 saturated heterocycles. The van der Waals surface area contributed by atoms with Crippen LogP contribution >= 0.6 is 15.9 Å². The average molecular weight is 378 g/mol. The van der Waals surface area contributed by atoms with Crippen molar-refractivity contribution in [1.29, 1.82) is 0 Å². The summed E-state index contributed by atoms with van der Waals surface area (Å²) in [5.41, 5.74) is 4.62. The highest BCUT2D eigenvalue weighted by atomic mass is 79.9. The summed E-state index contributed by atoms with van der Waals surface area (Å²) >= 11 is 3.59. The molecule has 6 heteroatoms. The lowest BCUT2D eigenvalue weighted by Crippen LogP contribution is -2.38. The largest absolute Gasteiger partial charge is 0.492 e. The summed E-state index contributed by atoms with van der Waals surface area (Å²) in [6.07, 6.45) is 2.45. The van der Waals surface area contributed by atoms with Crippen molar-refractivity contribution in [2.24, 2.45) is 0 Å². The van der Waals surface area contributed by atoms with E-state index in [0.29, 0.717) is 12.5 Å². The van der Waals surface area contributed by atoms with Crippen molar-refractivity contribution in [3.63, 3.8) is 0 Å². The van der Waals surface area contributed by atoms with Crippen LogP contribution in [0.3, 0.4) is 0 Å². The first-order chi connectivity index (χ1) is 11.2. The Morgan fingerprint density at radius 3 is 2.83 bits per heavy atom. The average Bonchev–Trinajstić information content (AvgIpc) is 3.03. The van der Waals surface area contributed by atoms with E-state index >= 15 is 0 Å². The molecule has 0 amide bonds. The number of H-pyrrole nitrogens is 1. The highest BCUT2D eigenvalue weighted by Crippen LogP contribution is 2.47. The lowest BCUT2D eigenvalue weighted by Gasteiger charge is -2.40. The van der Waals surface area contributed by atoms with E-state index in [1.54, 1.807) is 7.11 Å². The number of methoxy groups -OCH3 is 1. The fraction of sp³-hybridized carbons (Fsp3) is 0.471. The number of aromatic nitrogens is 2. The van der Waals surface area contributed by atoms with Crippen LogP contribution < -0.4 is 14.4 Å². The third-order valence-electron chi connectivity index (χ3n) is 4.77. The van der Waals surface area contributed by atoms with Gasteiger partial charge in [0.2, 0.25) is 0 Å². The summed E-state index contributed by atoms with van der Waals surface area (Å²) in [5.74, 6) is 2.10. The first-order valence-electron chi connectivity index (χ1n) is 8.06. The Labute approximate surface area is 144 Å². The molecule has 5 rings (SSSR count). The van der Waals surface area contributed by atoms with Gasteiger partial charge in [-0.05, 0) is 47.8 Å². The van der Waals surface area contributed by atoms with Crippen molar-refractivity contribution < 1.29 is 9.47 Å². The molecule has 3 aliphatic rings. The Bertz CT molecular complexity index is 736. The minimum atomic E-state index is 0.596. The molecular weight excluding hydrogens is 358 g/mol. The van der Waals surface area contributed by atoms with Crippen LogP contribution in [0, 0.1) is 0 Å². The molecule has 0 aliphatic carbocycles. The molecule has 3 aliphatic heterocycles. The monoisotopic (exact) mass is 377 g/mol. The molecule has 2 bridgehead atoms. The lowest BCUT2D eigenvalue weighted by molar-refractivity contribution is 0.310. The molecule has 1 aromatic carbocycles. The molecule has 0 saturated carbocycles. The van der Waals surface area contributed by atoms with Crippen molar-refractivity contribution in [2.75, 3.05) is 31.7 Å². The van der Waals surface area contributed by atoms with Gasteiger partial charge < -0.3 is 14.4 Å². The van der Waals surface area contributed by atoms with Gasteiger partial charge in [0.1, 0.15) is 5.69 Å². The predicted molar refractivity (Wildman–Crippen MR) is 93.6 cm³/mol. The molecule has 0 radical (unpaired) electrons. The van der Waals surface area contributed by atoms with Crippen LogP contribution in [0.4, 0.5) is 5.69 Å². The van der Waals surface area contributed by atoms with Gasteiger partial charge in [0.25, 0.3) is 0 Å². The number of ether oxygens (including phenoxy) is 2. The fourth-order valence-electron chi connectivity index (χ4n) is 3.71. The van der Waals surface area contributed by atoms with Crippen LogP contribution in [0.1, 0.15) is 31.4 Å². The third kappa shape index (κ3) is 2.31. The molecule has 0 atom stereocenters. The summed E-state index contributed by atoms with van der Waals surface area (Å²) in [6, 6.07) is 4.08. The van der Waals surface area contributed by atoms with Crippen LogP contribution in [0.15, 0.2) is 16.6 Å². The van der Waals surface area contributed by atoms with E-state index in [1.807, 2.05) is 13.0 Å². The van der Waals surface area contributed by atoms with Crippen LogP contribution in [-0.4, -0.2) is 37.0 Å². The van der Waals surface area contributed by atoms with Crippen LogP contribution in [0.25, 0.3) is 11.3 Å². The number of nitrogens with zero attached hydrogens (tertiary/aromatic N) is 2. The molecule has 0 unspecified atom stereocenters. The highest BCUT2D eigenvalue weighted by Gasteiger charge is 2.35. The summed E-state index contributed by atoms with van der Waals surface area (Å²) in [6.45, 7) is 4.82. The zero-order valence-electron chi connectivity index (χ0n) is 13.4. The predicted octanol–water partition coefficient (Wildman–Crippen LogP) is 3.94. The van der Waals surface area contributed by atoms with Crippen molar-refractivity contribution in [2.45, 2.75) is 25.7 Å². The Morgan fingerprint density at radius 1 is 1.35 bits per heavy atom. The topological polar surface area (TPSA) is 50.4 Å². The number of rotatable bonds is 4. The molecule has 23 heavy (non-hydrogen) atoms. The van der Waals surface area contributed by atoms with Gasteiger partial charge in [-0.2, -0.15) is 5.10 Å². The molecule has 2 aromatic rings. The van der Waals surface area contributed by atoms with Gasteiger partial charge >= 0.3 is 0 Å².